The topological polar surface area (TPSA) is 70.7 Å². The smallest absolute Gasteiger partial charge is 0.238 e. The third kappa shape index (κ3) is 5.30. The number of anilines is 2. The summed E-state index contributed by atoms with van der Waals surface area (Å²) >= 11 is 0. The van der Waals surface area contributed by atoms with Gasteiger partial charge in [0.25, 0.3) is 0 Å². The summed E-state index contributed by atoms with van der Waals surface area (Å²) in [7, 11) is 1.67. The van der Waals surface area contributed by atoms with E-state index in [9.17, 15) is 9.59 Å². The minimum absolute atomic E-state index is 0.00344. The summed E-state index contributed by atoms with van der Waals surface area (Å²) in [6.07, 6.45) is 6.93. The Hall–Kier alpha value is -1.92. The number of rotatable bonds is 7. The Balaban J connectivity index is 1.56. The van der Waals surface area contributed by atoms with E-state index in [0.29, 0.717) is 18.7 Å². The molecule has 2 amide bonds. The highest BCUT2D eigenvalue weighted by Crippen LogP contribution is 2.38. The van der Waals surface area contributed by atoms with E-state index in [1.807, 2.05) is 25.1 Å². The van der Waals surface area contributed by atoms with Crippen LogP contribution in [0.15, 0.2) is 18.2 Å². The molecule has 1 saturated carbocycles. The molecule has 1 saturated heterocycles. The SMILES string of the molecule is COC1(CC(=O)Nc2ccc(C)c(NC(=O)CN3CCCCC3)c2)CCC1. The van der Waals surface area contributed by atoms with Gasteiger partial charge in [0.15, 0.2) is 0 Å². The molecule has 0 unspecified atom stereocenters. The van der Waals surface area contributed by atoms with Gasteiger partial charge in [0.05, 0.1) is 18.6 Å². The molecule has 1 heterocycles. The molecule has 0 aromatic heterocycles. The fourth-order valence-corrected chi connectivity index (χ4v) is 3.87. The lowest BCUT2D eigenvalue weighted by Gasteiger charge is -2.39. The highest BCUT2D eigenvalue weighted by molar-refractivity contribution is 5.95. The van der Waals surface area contributed by atoms with E-state index in [1.165, 1.54) is 6.42 Å². The lowest BCUT2D eigenvalue weighted by atomic mass is 9.77. The maximum absolute atomic E-state index is 12.4. The zero-order valence-corrected chi connectivity index (χ0v) is 16.5. The molecule has 148 valence electrons. The number of amides is 2. The molecule has 1 aliphatic heterocycles. The lowest BCUT2D eigenvalue weighted by molar-refractivity contribution is -0.129. The van der Waals surface area contributed by atoms with Crippen molar-refractivity contribution in [1.82, 2.24) is 4.90 Å². The Labute approximate surface area is 161 Å². The number of aryl methyl sites for hydroxylation is 1. The molecule has 27 heavy (non-hydrogen) atoms. The Bertz CT molecular complexity index is 674. The van der Waals surface area contributed by atoms with Gasteiger partial charge in [-0.2, -0.15) is 0 Å². The van der Waals surface area contributed by atoms with E-state index in [-0.39, 0.29) is 17.4 Å². The van der Waals surface area contributed by atoms with Gasteiger partial charge in [-0.25, -0.2) is 0 Å². The number of ether oxygens (including phenoxy) is 1. The van der Waals surface area contributed by atoms with Gasteiger partial charge in [-0.3, -0.25) is 14.5 Å². The number of likely N-dealkylation sites (tertiary alicyclic amines) is 1. The van der Waals surface area contributed by atoms with Crippen LogP contribution in [0.5, 0.6) is 0 Å². The second kappa shape index (κ2) is 8.85. The molecule has 2 aliphatic rings. The van der Waals surface area contributed by atoms with Gasteiger partial charge in [0, 0.05) is 18.5 Å². The molecule has 1 aromatic carbocycles. The number of nitrogens with one attached hydrogen (secondary N) is 2. The molecule has 1 aromatic rings. The summed E-state index contributed by atoms with van der Waals surface area (Å²) in [6.45, 7) is 4.36. The Morgan fingerprint density at radius 2 is 1.81 bits per heavy atom. The molecule has 2 fully saturated rings. The number of carbonyl (C=O) groups excluding carboxylic acids is 2. The third-order valence-electron chi connectivity index (χ3n) is 5.79. The standard InChI is InChI=1S/C21H31N3O3/c1-16-7-8-17(22-19(25)14-21(27-2)9-6-10-21)13-18(16)23-20(26)15-24-11-4-3-5-12-24/h7-8,13H,3-6,9-12,14-15H2,1-2H3,(H,22,25)(H,23,26). The monoisotopic (exact) mass is 373 g/mol. The van der Waals surface area contributed by atoms with Crippen molar-refractivity contribution in [3.63, 3.8) is 0 Å². The Morgan fingerprint density at radius 1 is 1.07 bits per heavy atom. The summed E-state index contributed by atoms with van der Waals surface area (Å²) < 4.78 is 5.53. The van der Waals surface area contributed by atoms with Gasteiger partial charge in [-0.15, -0.1) is 0 Å². The predicted octanol–water partition coefficient (Wildman–Crippen LogP) is 3.32. The van der Waals surface area contributed by atoms with Crippen LogP contribution in [0, 0.1) is 6.92 Å². The molecule has 0 spiro atoms. The van der Waals surface area contributed by atoms with Crippen molar-refractivity contribution in [2.24, 2.45) is 0 Å². The fraction of sp³-hybridized carbons (Fsp3) is 0.619. The van der Waals surface area contributed by atoms with Gasteiger partial charge in [0.2, 0.25) is 11.8 Å². The Morgan fingerprint density at radius 3 is 2.44 bits per heavy atom. The first kappa shape index (κ1) is 19.8. The number of carbonyl (C=O) groups is 2. The zero-order chi connectivity index (χ0) is 19.3. The number of hydrogen-bond acceptors (Lipinski definition) is 4. The van der Waals surface area contributed by atoms with Crippen LogP contribution in [0.1, 0.15) is 50.5 Å². The van der Waals surface area contributed by atoms with Crippen molar-refractivity contribution in [2.45, 2.75) is 57.5 Å². The molecule has 0 atom stereocenters. The summed E-state index contributed by atoms with van der Waals surface area (Å²) in [5.41, 5.74) is 2.14. The number of nitrogens with zero attached hydrogens (tertiary/aromatic N) is 1. The first-order valence-corrected chi connectivity index (χ1v) is 9.98. The number of methoxy groups -OCH3 is 1. The van der Waals surface area contributed by atoms with E-state index in [0.717, 1.165) is 56.4 Å². The highest BCUT2D eigenvalue weighted by atomic mass is 16.5. The summed E-state index contributed by atoms with van der Waals surface area (Å²) in [5, 5.41) is 5.94. The number of benzene rings is 1. The molecular weight excluding hydrogens is 342 g/mol. The second-order valence-corrected chi connectivity index (χ2v) is 7.88. The molecule has 1 aliphatic carbocycles. The number of hydrogen-bond donors (Lipinski definition) is 2. The van der Waals surface area contributed by atoms with Crippen molar-refractivity contribution in [2.75, 3.05) is 37.4 Å². The molecule has 6 nitrogen and oxygen atoms in total. The average Bonchev–Trinajstić information content (AvgIpc) is 2.62. The van der Waals surface area contributed by atoms with Crippen molar-refractivity contribution in [1.29, 1.82) is 0 Å². The van der Waals surface area contributed by atoms with Crippen molar-refractivity contribution < 1.29 is 14.3 Å². The van der Waals surface area contributed by atoms with Crippen LogP contribution in [0.2, 0.25) is 0 Å². The summed E-state index contributed by atoms with van der Waals surface area (Å²) in [4.78, 5) is 27.0. The normalized spacial score (nSPS) is 19.2. The maximum Gasteiger partial charge on any atom is 0.238 e. The largest absolute Gasteiger partial charge is 0.378 e. The van der Waals surface area contributed by atoms with Crippen LogP contribution in [0.3, 0.4) is 0 Å². The molecule has 0 bridgehead atoms. The van der Waals surface area contributed by atoms with Crippen LogP contribution in [-0.4, -0.2) is 49.1 Å². The van der Waals surface area contributed by atoms with E-state index >= 15 is 0 Å². The fourth-order valence-electron chi connectivity index (χ4n) is 3.87. The average molecular weight is 373 g/mol. The molecule has 0 radical (unpaired) electrons. The highest BCUT2D eigenvalue weighted by Gasteiger charge is 2.39. The van der Waals surface area contributed by atoms with Gasteiger partial charge in [-0.05, 0) is 69.8 Å². The zero-order valence-electron chi connectivity index (χ0n) is 16.5. The first-order valence-electron chi connectivity index (χ1n) is 9.98. The van der Waals surface area contributed by atoms with Crippen molar-refractivity contribution in [3.8, 4) is 0 Å². The summed E-state index contributed by atoms with van der Waals surface area (Å²) in [6, 6.07) is 5.62. The van der Waals surface area contributed by atoms with E-state index in [2.05, 4.69) is 15.5 Å². The van der Waals surface area contributed by atoms with Gasteiger partial charge < -0.3 is 15.4 Å². The van der Waals surface area contributed by atoms with Crippen LogP contribution in [-0.2, 0) is 14.3 Å². The van der Waals surface area contributed by atoms with Gasteiger partial charge in [0.1, 0.15) is 0 Å². The van der Waals surface area contributed by atoms with E-state index < -0.39 is 0 Å². The second-order valence-electron chi connectivity index (χ2n) is 7.88. The predicted molar refractivity (Wildman–Crippen MR) is 107 cm³/mol. The lowest BCUT2D eigenvalue weighted by Crippen LogP contribution is -2.42. The summed E-state index contributed by atoms with van der Waals surface area (Å²) in [5.74, 6) is -0.0534. The molecular formula is C21H31N3O3. The molecule has 3 rings (SSSR count). The minimum Gasteiger partial charge on any atom is -0.378 e. The van der Waals surface area contributed by atoms with Gasteiger partial charge in [-0.1, -0.05) is 12.5 Å². The quantitative estimate of drug-likeness (QED) is 0.769. The van der Waals surface area contributed by atoms with E-state index in [4.69, 9.17) is 4.74 Å². The Kier molecular flexibility index (Phi) is 6.50. The molecule has 6 heteroatoms. The molecule has 2 N–H and O–H groups in total. The minimum atomic E-state index is -0.291. The maximum atomic E-state index is 12.4. The van der Waals surface area contributed by atoms with Crippen LogP contribution in [0.25, 0.3) is 0 Å². The van der Waals surface area contributed by atoms with Crippen molar-refractivity contribution in [3.05, 3.63) is 23.8 Å². The number of piperidine rings is 1. The van der Waals surface area contributed by atoms with Crippen molar-refractivity contribution >= 4 is 23.2 Å². The first-order chi connectivity index (χ1) is 13.0. The van der Waals surface area contributed by atoms with Crippen LogP contribution < -0.4 is 10.6 Å². The van der Waals surface area contributed by atoms with E-state index in [1.54, 1.807) is 7.11 Å². The third-order valence-corrected chi connectivity index (χ3v) is 5.79. The van der Waals surface area contributed by atoms with Crippen LogP contribution in [0.4, 0.5) is 11.4 Å². The van der Waals surface area contributed by atoms with Crippen LogP contribution >= 0.6 is 0 Å². The van der Waals surface area contributed by atoms with Gasteiger partial charge >= 0.3 is 0 Å².